The summed E-state index contributed by atoms with van der Waals surface area (Å²) in [5.41, 5.74) is 22.4. The van der Waals surface area contributed by atoms with Crippen molar-refractivity contribution in [2.45, 2.75) is 12.8 Å². The fourth-order valence-corrected chi connectivity index (χ4v) is 12.5. The Kier molecular flexibility index (Phi) is 10.9. The van der Waals surface area contributed by atoms with Gasteiger partial charge in [0, 0.05) is 33.1 Å². The molecule has 15 rings (SSSR count). The van der Waals surface area contributed by atoms with Crippen LogP contribution in [0.5, 0.6) is 0 Å². The van der Waals surface area contributed by atoms with E-state index in [-0.39, 0.29) is 7.43 Å². The maximum Gasteiger partial charge on any atom is 0.137 e. The Bertz CT molecular complexity index is 4460. The second kappa shape index (κ2) is 18.5. The van der Waals surface area contributed by atoms with E-state index in [0.717, 1.165) is 72.5 Å². The summed E-state index contributed by atoms with van der Waals surface area (Å²) in [6, 6.07) is 106. The first-order chi connectivity index (χ1) is 37.7. The zero-order chi connectivity index (χ0) is 50.2. The molecule has 0 atom stereocenters. The van der Waals surface area contributed by atoms with Gasteiger partial charge in [-0.25, -0.2) is 0 Å². The van der Waals surface area contributed by atoms with Gasteiger partial charge in [0.2, 0.25) is 0 Å². The van der Waals surface area contributed by atoms with Gasteiger partial charge in [-0.2, -0.15) is 0 Å². The number of para-hydroxylation sites is 3. The van der Waals surface area contributed by atoms with Crippen LogP contribution in [0.25, 0.3) is 93.9 Å². The molecule has 0 unspecified atom stereocenters. The van der Waals surface area contributed by atoms with E-state index >= 15 is 0 Å². The van der Waals surface area contributed by atoms with Gasteiger partial charge in [0.25, 0.3) is 0 Å². The summed E-state index contributed by atoms with van der Waals surface area (Å²) in [4.78, 5) is 2.43. The van der Waals surface area contributed by atoms with Crippen LogP contribution in [-0.4, -0.2) is 4.57 Å². The standard InChI is InChI=1S/C73H48N2O.CH4/c1-5-20-50(21-6-1)58-28-14-17-32-66(58)75(57-41-36-49(37-42-57)53-38-43-60-59-29-13-16-31-64(59)73(65(60)48-53,54-22-7-2-8-23-54)55-24-9-3-10-25-55)69-34-19-35-71-72(69)63-47-52(40-45-70(63)76-71)51-39-44-68-62(46-51)61-30-15-18-33-67(61)74(68)56-26-11-4-12-27-56;/h1-48H;1H4. The predicted molar refractivity (Wildman–Crippen MR) is 323 cm³/mol. The zero-order valence-corrected chi connectivity index (χ0v) is 41.5. The number of rotatable bonds is 9. The van der Waals surface area contributed by atoms with Crippen molar-refractivity contribution in [2.75, 3.05) is 4.90 Å². The first-order valence-electron chi connectivity index (χ1n) is 26.2. The minimum absolute atomic E-state index is 0. The molecule has 0 spiro atoms. The number of benzene rings is 12. The van der Waals surface area contributed by atoms with Gasteiger partial charge in [-0.1, -0.05) is 220 Å². The molecule has 364 valence electrons. The smallest absolute Gasteiger partial charge is 0.137 e. The number of furan rings is 1. The molecule has 0 bridgehead atoms. The molecule has 0 saturated carbocycles. The second-order valence-electron chi connectivity index (χ2n) is 19.9. The average molecular weight is 985 g/mol. The Labute approximate surface area is 448 Å². The minimum atomic E-state index is -0.482. The zero-order valence-electron chi connectivity index (χ0n) is 41.5. The van der Waals surface area contributed by atoms with Gasteiger partial charge in [-0.3, -0.25) is 0 Å². The van der Waals surface area contributed by atoms with Crippen LogP contribution in [0.3, 0.4) is 0 Å². The molecule has 0 fully saturated rings. The molecule has 0 N–H and O–H groups in total. The molecule has 14 aromatic rings. The minimum Gasteiger partial charge on any atom is -0.456 e. The number of anilines is 3. The summed E-state index contributed by atoms with van der Waals surface area (Å²) in [7, 11) is 0. The van der Waals surface area contributed by atoms with Crippen molar-refractivity contribution >= 4 is 60.8 Å². The molecule has 0 radical (unpaired) electrons. The van der Waals surface area contributed by atoms with Crippen LogP contribution in [-0.2, 0) is 5.41 Å². The second-order valence-corrected chi connectivity index (χ2v) is 19.9. The third-order valence-corrected chi connectivity index (χ3v) is 15.9. The molecule has 3 nitrogen and oxygen atoms in total. The van der Waals surface area contributed by atoms with Crippen LogP contribution in [0, 0.1) is 0 Å². The Morgan fingerprint density at radius 2 is 0.870 bits per heavy atom. The third kappa shape index (κ3) is 7.19. The summed E-state index contributed by atoms with van der Waals surface area (Å²) in [6.07, 6.45) is 0. The Hall–Kier alpha value is -9.96. The van der Waals surface area contributed by atoms with Crippen molar-refractivity contribution in [3.05, 3.63) is 313 Å². The highest BCUT2D eigenvalue weighted by Gasteiger charge is 2.46. The molecule has 2 heterocycles. The van der Waals surface area contributed by atoms with Gasteiger partial charge in [0.05, 0.1) is 33.2 Å². The molecule has 0 aliphatic heterocycles. The van der Waals surface area contributed by atoms with E-state index in [2.05, 4.69) is 301 Å². The third-order valence-electron chi connectivity index (χ3n) is 15.9. The molecular weight excluding hydrogens is 933 g/mol. The van der Waals surface area contributed by atoms with Gasteiger partial charge < -0.3 is 13.9 Å². The maximum atomic E-state index is 6.79. The van der Waals surface area contributed by atoms with Crippen LogP contribution < -0.4 is 4.90 Å². The van der Waals surface area contributed by atoms with Crippen LogP contribution in [0.15, 0.2) is 296 Å². The van der Waals surface area contributed by atoms with E-state index in [1.165, 1.54) is 60.8 Å². The highest BCUT2D eigenvalue weighted by atomic mass is 16.3. The van der Waals surface area contributed by atoms with Gasteiger partial charge in [0.1, 0.15) is 11.2 Å². The Morgan fingerprint density at radius 1 is 0.325 bits per heavy atom. The lowest BCUT2D eigenvalue weighted by Gasteiger charge is -2.34. The van der Waals surface area contributed by atoms with Gasteiger partial charge in [0.15, 0.2) is 0 Å². The largest absolute Gasteiger partial charge is 0.456 e. The first kappa shape index (κ1) is 45.6. The van der Waals surface area contributed by atoms with Crippen molar-refractivity contribution in [3.63, 3.8) is 0 Å². The molecule has 3 heteroatoms. The first-order valence-corrected chi connectivity index (χ1v) is 26.2. The molecule has 12 aromatic carbocycles. The summed E-state index contributed by atoms with van der Waals surface area (Å²) in [5.74, 6) is 0. The summed E-state index contributed by atoms with van der Waals surface area (Å²) >= 11 is 0. The van der Waals surface area contributed by atoms with Crippen molar-refractivity contribution in [2.24, 2.45) is 0 Å². The number of fused-ring (bicyclic) bond motifs is 9. The van der Waals surface area contributed by atoms with E-state index in [1.54, 1.807) is 0 Å². The van der Waals surface area contributed by atoms with Crippen molar-refractivity contribution in [3.8, 4) is 50.2 Å². The number of hydrogen-bond acceptors (Lipinski definition) is 2. The predicted octanol–water partition coefficient (Wildman–Crippen LogP) is 20.2. The number of aromatic nitrogens is 1. The topological polar surface area (TPSA) is 21.3 Å². The monoisotopic (exact) mass is 984 g/mol. The normalized spacial score (nSPS) is 12.4. The SMILES string of the molecule is C.c1ccc(-c2ccccc2N(c2ccc(-c3ccc4c(c3)C(c3ccccc3)(c3ccccc3)c3ccccc3-4)cc2)c2cccc3oc4ccc(-c5ccc6c(c5)c5ccccc5n6-c5ccccc5)cc4c23)cc1. The quantitative estimate of drug-likeness (QED) is 0.144. The molecule has 1 aliphatic rings. The highest BCUT2D eigenvalue weighted by molar-refractivity contribution is 6.15. The van der Waals surface area contributed by atoms with Gasteiger partial charge >= 0.3 is 0 Å². The van der Waals surface area contributed by atoms with E-state index in [0.29, 0.717) is 0 Å². The Morgan fingerprint density at radius 3 is 1.62 bits per heavy atom. The number of hydrogen-bond donors (Lipinski definition) is 0. The summed E-state index contributed by atoms with van der Waals surface area (Å²) in [6.45, 7) is 0. The van der Waals surface area contributed by atoms with Crippen LogP contribution in [0.4, 0.5) is 17.1 Å². The fraction of sp³-hybridized carbons (Fsp3) is 0.0270. The summed E-state index contributed by atoms with van der Waals surface area (Å²) in [5, 5.41) is 4.57. The van der Waals surface area contributed by atoms with E-state index in [4.69, 9.17) is 4.42 Å². The summed E-state index contributed by atoms with van der Waals surface area (Å²) < 4.78 is 9.16. The molecule has 2 aromatic heterocycles. The average Bonchev–Trinajstić information content (AvgIpc) is 4.15. The van der Waals surface area contributed by atoms with Crippen molar-refractivity contribution in [1.29, 1.82) is 0 Å². The van der Waals surface area contributed by atoms with Gasteiger partial charge in [-0.05, 0) is 140 Å². The molecule has 0 amide bonds. The maximum absolute atomic E-state index is 6.79. The fourth-order valence-electron chi connectivity index (χ4n) is 12.5. The van der Waals surface area contributed by atoms with Crippen LogP contribution >= 0.6 is 0 Å². The molecular formula is C74H52N2O. The van der Waals surface area contributed by atoms with Gasteiger partial charge in [-0.15, -0.1) is 0 Å². The lowest BCUT2D eigenvalue weighted by molar-refractivity contribution is 0.669. The van der Waals surface area contributed by atoms with Crippen LogP contribution in [0.1, 0.15) is 29.7 Å². The van der Waals surface area contributed by atoms with Crippen molar-refractivity contribution < 1.29 is 4.42 Å². The van der Waals surface area contributed by atoms with Crippen molar-refractivity contribution in [1.82, 2.24) is 4.57 Å². The molecule has 77 heavy (non-hydrogen) atoms. The number of nitrogens with zero attached hydrogens (tertiary/aromatic N) is 2. The van der Waals surface area contributed by atoms with E-state index in [1.807, 2.05) is 0 Å². The van der Waals surface area contributed by atoms with E-state index < -0.39 is 5.41 Å². The lowest BCUT2D eigenvalue weighted by Crippen LogP contribution is -2.28. The van der Waals surface area contributed by atoms with Crippen LogP contribution in [0.2, 0.25) is 0 Å². The molecule has 1 aliphatic carbocycles. The highest BCUT2D eigenvalue weighted by Crippen LogP contribution is 2.57. The molecule has 0 saturated heterocycles. The Balaban J connectivity index is 0.00000540. The van der Waals surface area contributed by atoms with E-state index in [9.17, 15) is 0 Å². The lowest BCUT2D eigenvalue weighted by atomic mass is 9.67.